The van der Waals surface area contributed by atoms with Gasteiger partial charge in [0.05, 0.1) is 11.9 Å². The molecule has 0 fully saturated rings. The summed E-state index contributed by atoms with van der Waals surface area (Å²) in [6.07, 6.45) is 1.30. The van der Waals surface area contributed by atoms with Gasteiger partial charge < -0.3 is 0 Å². The molecule has 0 aliphatic carbocycles. The molecule has 0 amide bonds. The minimum atomic E-state index is -3.58. The first-order chi connectivity index (χ1) is 8.40. The number of nitrogens with one attached hydrogen (secondary N) is 2. The van der Waals surface area contributed by atoms with E-state index in [-0.39, 0.29) is 4.90 Å². The zero-order chi connectivity index (χ0) is 13.3. The van der Waals surface area contributed by atoms with Crippen LogP contribution in [0.15, 0.2) is 29.3 Å². The molecule has 5 nitrogen and oxygen atoms in total. The molecule has 0 saturated heterocycles. The van der Waals surface area contributed by atoms with Gasteiger partial charge in [0.2, 0.25) is 0 Å². The van der Waals surface area contributed by atoms with E-state index in [0.717, 1.165) is 9.13 Å². The van der Waals surface area contributed by atoms with Crippen LogP contribution in [0.25, 0.3) is 0 Å². The molecule has 2 N–H and O–H groups in total. The second-order valence-corrected chi connectivity index (χ2v) is 6.74. The van der Waals surface area contributed by atoms with Crippen LogP contribution in [-0.2, 0) is 10.0 Å². The van der Waals surface area contributed by atoms with E-state index in [1.165, 1.54) is 6.20 Å². The van der Waals surface area contributed by atoms with Gasteiger partial charge in [0.25, 0.3) is 10.0 Å². The third-order valence-electron chi connectivity index (χ3n) is 2.50. The number of sulfonamides is 1. The van der Waals surface area contributed by atoms with Crippen LogP contribution >= 0.6 is 22.6 Å². The van der Waals surface area contributed by atoms with E-state index >= 15 is 0 Å². The Morgan fingerprint density at radius 3 is 2.61 bits per heavy atom. The molecular weight excluding hydrogens is 365 g/mol. The van der Waals surface area contributed by atoms with Crippen LogP contribution < -0.4 is 4.72 Å². The maximum atomic E-state index is 12.1. The first kappa shape index (κ1) is 13.3. The Morgan fingerprint density at radius 2 is 2.06 bits per heavy atom. The molecule has 1 aromatic carbocycles. The summed E-state index contributed by atoms with van der Waals surface area (Å²) in [4.78, 5) is 0.165. The maximum absolute atomic E-state index is 12.1. The quantitative estimate of drug-likeness (QED) is 0.807. The van der Waals surface area contributed by atoms with E-state index in [0.29, 0.717) is 11.4 Å². The molecule has 0 radical (unpaired) electrons. The van der Waals surface area contributed by atoms with Crippen molar-refractivity contribution in [2.75, 3.05) is 4.72 Å². The normalized spacial score (nSPS) is 11.5. The fourth-order valence-corrected chi connectivity index (χ4v) is 3.18. The summed E-state index contributed by atoms with van der Waals surface area (Å²) in [6, 6.07) is 5.41. The van der Waals surface area contributed by atoms with Crippen LogP contribution in [0.3, 0.4) is 0 Å². The number of H-pyrrole nitrogens is 1. The molecule has 0 unspecified atom stereocenters. The van der Waals surface area contributed by atoms with Crippen molar-refractivity contribution in [2.24, 2.45) is 0 Å². The number of hydrogen-bond acceptors (Lipinski definition) is 3. The van der Waals surface area contributed by atoms with Gasteiger partial charge in [0.1, 0.15) is 4.90 Å². The van der Waals surface area contributed by atoms with Crippen molar-refractivity contribution in [1.82, 2.24) is 10.2 Å². The number of aryl methyl sites for hydroxylation is 2. The van der Waals surface area contributed by atoms with Gasteiger partial charge in [-0.05, 0) is 54.1 Å². The zero-order valence-electron chi connectivity index (χ0n) is 9.86. The Hall–Kier alpha value is -1.09. The van der Waals surface area contributed by atoms with Gasteiger partial charge in [-0.25, -0.2) is 8.42 Å². The third kappa shape index (κ3) is 2.66. The predicted molar refractivity (Wildman–Crippen MR) is 78.0 cm³/mol. The Balaban J connectivity index is 2.34. The average Bonchev–Trinajstić information content (AvgIpc) is 2.70. The molecular formula is C11H12IN3O2S. The lowest BCUT2D eigenvalue weighted by Crippen LogP contribution is -2.13. The molecule has 0 aliphatic rings. The molecule has 0 spiro atoms. The van der Waals surface area contributed by atoms with Crippen molar-refractivity contribution in [3.05, 3.63) is 39.2 Å². The molecule has 7 heteroatoms. The number of hydrogen-bond donors (Lipinski definition) is 2. The number of rotatable bonds is 3. The molecule has 1 aromatic heterocycles. The number of anilines is 1. The van der Waals surface area contributed by atoms with Crippen molar-refractivity contribution in [3.8, 4) is 0 Å². The van der Waals surface area contributed by atoms with Gasteiger partial charge in [-0.1, -0.05) is 6.07 Å². The molecule has 0 aliphatic heterocycles. The fraction of sp³-hybridized carbons (Fsp3) is 0.182. The van der Waals surface area contributed by atoms with E-state index in [1.54, 1.807) is 19.1 Å². The largest absolute Gasteiger partial charge is 0.281 e. The Kier molecular flexibility index (Phi) is 3.62. The molecule has 96 valence electrons. The third-order valence-corrected chi connectivity index (χ3v) is 5.15. The Morgan fingerprint density at radius 1 is 1.33 bits per heavy atom. The first-order valence-corrected chi connectivity index (χ1v) is 7.75. The summed E-state index contributed by atoms with van der Waals surface area (Å²) >= 11 is 2.17. The molecule has 1 heterocycles. The van der Waals surface area contributed by atoms with Gasteiger partial charge >= 0.3 is 0 Å². The van der Waals surface area contributed by atoms with E-state index in [2.05, 4.69) is 37.5 Å². The van der Waals surface area contributed by atoms with Gasteiger partial charge in [-0.3, -0.25) is 9.82 Å². The summed E-state index contributed by atoms with van der Waals surface area (Å²) in [7, 11) is -3.58. The van der Waals surface area contributed by atoms with Crippen LogP contribution in [0.2, 0.25) is 0 Å². The smallest absolute Gasteiger partial charge is 0.265 e. The van der Waals surface area contributed by atoms with Crippen LogP contribution in [0.4, 0.5) is 5.69 Å². The number of aromatic amines is 1. The summed E-state index contributed by atoms with van der Waals surface area (Å²) < 4.78 is 27.8. The highest BCUT2D eigenvalue weighted by Crippen LogP contribution is 2.21. The fourth-order valence-electron chi connectivity index (χ4n) is 1.48. The second-order valence-electron chi connectivity index (χ2n) is 3.93. The van der Waals surface area contributed by atoms with Crippen molar-refractivity contribution in [3.63, 3.8) is 0 Å². The molecule has 0 atom stereocenters. The van der Waals surface area contributed by atoms with Crippen LogP contribution in [0, 0.1) is 17.4 Å². The monoisotopic (exact) mass is 377 g/mol. The minimum Gasteiger partial charge on any atom is -0.281 e. The van der Waals surface area contributed by atoms with E-state index in [1.807, 2.05) is 13.0 Å². The lowest BCUT2D eigenvalue weighted by Gasteiger charge is -2.08. The lowest BCUT2D eigenvalue weighted by atomic mass is 10.2. The molecule has 2 aromatic rings. The number of aromatic nitrogens is 2. The number of nitrogens with zero attached hydrogens (tertiary/aromatic N) is 1. The van der Waals surface area contributed by atoms with E-state index < -0.39 is 10.0 Å². The van der Waals surface area contributed by atoms with Crippen LogP contribution in [0.5, 0.6) is 0 Å². The Bertz CT molecular complexity index is 679. The highest BCUT2D eigenvalue weighted by molar-refractivity contribution is 14.1. The van der Waals surface area contributed by atoms with Gasteiger partial charge in [-0.15, -0.1) is 0 Å². The second kappa shape index (κ2) is 4.88. The average molecular weight is 377 g/mol. The minimum absolute atomic E-state index is 0.165. The van der Waals surface area contributed by atoms with Gasteiger partial charge in [-0.2, -0.15) is 5.10 Å². The van der Waals surface area contributed by atoms with E-state index in [9.17, 15) is 8.42 Å². The van der Waals surface area contributed by atoms with Crippen LogP contribution in [-0.4, -0.2) is 18.6 Å². The SMILES string of the molecule is Cc1ccc(NS(=O)(=O)c2cn[nH]c2C)cc1I. The van der Waals surface area contributed by atoms with Crippen molar-refractivity contribution in [1.29, 1.82) is 0 Å². The topological polar surface area (TPSA) is 74.8 Å². The molecule has 2 rings (SSSR count). The Labute approximate surface area is 119 Å². The van der Waals surface area contributed by atoms with Crippen molar-refractivity contribution < 1.29 is 8.42 Å². The van der Waals surface area contributed by atoms with Crippen molar-refractivity contribution >= 4 is 38.3 Å². The summed E-state index contributed by atoms with van der Waals surface area (Å²) in [5.41, 5.74) is 2.17. The summed E-state index contributed by atoms with van der Waals surface area (Å²) in [6.45, 7) is 3.64. The first-order valence-electron chi connectivity index (χ1n) is 5.19. The van der Waals surface area contributed by atoms with Crippen molar-refractivity contribution in [2.45, 2.75) is 18.7 Å². The van der Waals surface area contributed by atoms with Crippen LogP contribution in [0.1, 0.15) is 11.3 Å². The highest BCUT2D eigenvalue weighted by Gasteiger charge is 2.18. The standard InChI is InChI=1S/C11H12IN3O2S/c1-7-3-4-9(5-10(7)12)15-18(16,17)11-6-13-14-8(11)2/h3-6,15H,1-2H3,(H,13,14). The summed E-state index contributed by atoms with van der Waals surface area (Å²) in [5, 5.41) is 6.33. The molecule has 0 saturated carbocycles. The van der Waals surface area contributed by atoms with Gasteiger partial charge in [0, 0.05) is 9.26 Å². The summed E-state index contributed by atoms with van der Waals surface area (Å²) in [5.74, 6) is 0. The van der Waals surface area contributed by atoms with Gasteiger partial charge in [0.15, 0.2) is 0 Å². The number of halogens is 1. The molecule has 18 heavy (non-hydrogen) atoms. The van der Waals surface area contributed by atoms with E-state index in [4.69, 9.17) is 0 Å². The lowest BCUT2D eigenvalue weighted by molar-refractivity contribution is 0.600. The predicted octanol–water partition coefficient (Wildman–Crippen LogP) is 2.43. The molecule has 0 bridgehead atoms. The zero-order valence-corrected chi connectivity index (χ0v) is 12.8. The number of benzene rings is 1. The maximum Gasteiger partial charge on any atom is 0.265 e. The highest BCUT2D eigenvalue weighted by atomic mass is 127.